The van der Waals surface area contributed by atoms with E-state index in [9.17, 15) is 24.6 Å². The Hall–Kier alpha value is -1.18. The number of ketones is 2. The van der Waals surface area contributed by atoms with Gasteiger partial charge in [-0.25, -0.2) is 4.79 Å². The minimum absolute atomic E-state index is 0.00903. The van der Waals surface area contributed by atoms with Crippen LogP contribution in [0.4, 0.5) is 0 Å². The van der Waals surface area contributed by atoms with Gasteiger partial charge in [0.25, 0.3) is 0 Å². The lowest BCUT2D eigenvalue weighted by molar-refractivity contribution is -0.137. The Bertz CT molecular complexity index is 809. The second kappa shape index (κ2) is 11.7. The number of aliphatic hydroxyl groups is 1. The number of rotatable bonds is 9. The van der Waals surface area contributed by atoms with Crippen LogP contribution in [0.5, 0.6) is 0 Å². The number of nitrogens with one attached hydrogen (secondary N) is 1. The molecule has 0 aromatic heterocycles. The molecule has 3 rings (SSSR count). The lowest BCUT2D eigenvalue weighted by Gasteiger charge is -2.45. The standard InChI is InChI=1S/C27H43NO5S/c1-6-7-14(2)10-22(30)21-13-19(8-9-28-16(21)4)34-26-15(3)20-11-18(25(26)27(32)33)12-23(31)24(20)17(5)29/h14-21,24,28-29H,6-13H2,1-5H3,(H,32,33). The molecule has 9 unspecified atom stereocenters. The summed E-state index contributed by atoms with van der Waals surface area (Å²) in [5.41, 5.74) is 0.399. The van der Waals surface area contributed by atoms with E-state index in [2.05, 4.69) is 26.1 Å². The van der Waals surface area contributed by atoms with Gasteiger partial charge >= 0.3 is 5.97 Å². The summed E-state index contributed by atoms with van der Waals surface area (Å²) in [6, 6.07) is 0.111. The summed E-state index contributed by atoms with van der Waals surface area (Å²) in [4.78, 5) is 39.2. The van der Waals surface area contributed by atoms with Gasteiger partial charge in [0, 0.05) is 36.0 Å². The topological polar surface area (TPSA) is 104 Å². The monoisotopic (exact) mass is 493 g/mol. The van der Waals surface area contributed by atoms with Gasteiger partial charge < -0.3 is 15.5 Å². The number of aliphatic carboxylic acids is 1. The summed E-state index contributed by atoms with van der Waals surface area (Å²) in [5.74, 6) is -1.15. The van der Waals surface area contributed by atoms with Crippen molar-refractivity contribution >= 4 is 29.3 Å². The van der Waals surface area contributed by atoms with Crippen LogP contribution in [-0.4, -0.2) is 51.7 Å². The molecular formula is C27H43NO5S. The van der Waals surface area contributed by atoms with E-state index in [1.807, 2.05) is 6.92 Å². The van der Waals surface area contributed by atoms with Gasteiger partial charge in [0.1, 0.15) is 11.6 Å². The van der Waals surface area contributed by atoms with Gasteiger partial charge in [-0.1, -0.05) is 33.6 Å². The van der Waals surface area contributed by atoms with Crippen molar-refractivity contribution in [1.82, 2.24) is 5.32 Å². The van der Waals surface area contributed by atoms with Crippen LogP contribution in [0.15, 0.2) is 10.5 Å². The van der Waals surface area contributed by atoms with Crippen LogP contribution in [-0.2, 0) is 14.4 Å². The van der Waals surface area contributed by atoms with E-state index in [-0.39, 0.29) is 47.2 Å². The van der Waals surface area contributed by atoms with Crippen LogP contribution in [0.25, 0.3) is 0 Å². The maximum absolute atomic E-state index is 13.2. The normalized spacial score (nSPS) is 36.1. The van der Waals surface area contributed by atoms with Gasteiger partial charge in [0.2, 0.25) is 0 Å². The van der Waals surface area contributed by atoms with Crippen LogP contribution in [0.2, 0.25) is 0 Å². The molecule has 3 aliphatic rings. The Kier molecular flexibility index (Phi) is 9.43. The Morgan fingerprint density at radius 1 is 1.21 bits per heavy atom. The van der Waals surface area contributed by atoms with Gasteiger partial charge in [-0.15, -0.1) is 11.8 Å². The largest absolute Gasteiger partial charge is 0.478 e. The van der Waals surface area contributed by atoms with E-state index in [1.54, 1.807) is 18.7 Å². The number of carbonyl (C=O) groups is 3. The van der Waals surface area contributed by atoms with Crippen molar-refractivity contribution in [1.29, 1.82) is 0 Å². The zero-order valence-electron chi connectivity index (χ0n) is 21.4. The predicted octanol–water partition coefficient (Wildman–Crippen LogP) is 4.45. The van der Waals surface area contributed by atoms with E-state index in [1.165, 1.54) is 0 Å². The third kappa shape index (κ3) is 5.96. The molecule has 0 amide bonds. The molecule has 1 saturated heterocycles. The average Bonchev–Trinajstić information content (AvgIpc) is 2.92. The molecule has 2 bridgehead atoms. The fourth-order valence-electron chi connectivity index (χ4n) is 6.64. The van der Waals surface area contributed by atoms with Crippen molar-refractivity contribution in [3.63, 3.8) is 0 Å². The van der Waals surface area contributed by atoms with E-state index in [0.29, 0.717) is 30.1 Å². The lowest BCUT2D eigenvalue weighted by Crippen LogP contribution is -2.46. The minimum atomic E-state index is -0.928. The first-order chi connectivity index (χ1) is 16.0. The third-order valence-corrected chi connectivity index (χ3v) is 10.0. The first-order valence-corrected chi connectivity index (χ1v) is 14.0. The number of carbonyl (C=O) groups excluding carboxylic acids is 2. The van der Waals surface area contributed by atoms with Gasteiger partial charge in [-0.05, 0) is 68.2 Å². The summed E-state index contributed by atoms with van der Waals surface area (Å²) >= 11 is 1.64. The number of hydrogen-bond acceptors (Lipinski definition) is 6. The predicted molar refractivity (Wildman–Crippen MR) is 135 cm³/mol. The Morgan fingerprint density at radius 2 is 1.91 bits per heavy atom. The molecule has 2 fully saturated rings. The highest BCUT2D eigenvalue weighted by molar-refractivity contribution is 8.03. The quantitative estimate of drug-likeness (QED) is 0.436. The van der Waals surface area contributed by atoms with Crippen LogP contribution in [0.1, 0.15) is 79.6 Å². The average molecular weight is 494 g/mol. The van der Waals surface area contributed by atoms with Gasteiger partial charge in [0.15, 0.2) is 0 Å². The number of hydrogen-bond donors (Lipinski definition) is 3. The molecule has 1 heterocycles. The van der Waals surface area contributed by atoms with Crippen molar-refractivity contribution in [3.8, 4) is 0 Å². The maximum Gasteiger partial charge on any atom is 0.332 e. The molecule has 6 nitrogen and oxygen atoms in total. The molecule has 0 aromatic carbocycles. The van der Waals surface area contributed by atoms with Gasteiger partial charge in [-0.3, -0.25) is 9.59 Å². The van der Waals surface area contributed by atoms with Crippen molar-refractivity contribution in [2.24, 2.45) is 35.5 Å². The highest BCUT2D eigenvalue weighted by atomic mass is 32.2. The van der Waals surface area contributed by atoms with Crippen molar-refractivity contribution in [2.45, 2.75) is 97.0 Å². The fourth-order valence-corrected chi connectivity index (χ4v) is 8.30. The van der Waals surface area contributed by atoms with Crippen LogP contribution < -0.4 is 5.32 Å². The Balaban J connectivity index is 1.85. The van der Waals surface area contributed by atoms with Gasteiger partial charge in [0.05, 0.1) is 11.7 Å². The molecule has 192 valence electrons. The van der Waals surface area contributed by atoms with E-state index >= 15 is 0 Å². The SMILES string of the molecule is CCCC(C)CC(=O)C1CC(SC2=C(C(=O)O)C3CC(=O)C(C(C)O)C(C3)C2C)CCNC1C. The number of fused-ring (bicyclic) bond motifs is 2. The number of carboxylic acid groups (broad SMARTS) is 1. The van der Waals surface area contributed by atoms with Crippen molar-refractivity contribution < 1.29 is 24.6 Å². The second-order valence-corrected chi connectivity index (χ2v) is 12.4. The first-order valence-electron chi connectivity index (χ1n) is 13.2. The van der Waals surface area contributed by atoms with Crippen molar-refractivity contribution in [2.75, 3.05) is 6.54 Å². The number of Topliss-reactive ketones (excluding diaryl/α,β-unsaturated/α-hetero) is 2. The zero-order valence-corrected chi connectivity index (χ0v) is 22.2. The maximum atomic E-state index is 13.2. The summed E-state index contributed by atoms with van der Waals surface area (Å²) in [5, 5.41) is 24.1. The van der Waals surface area contributed by atoms with E-state index in [4.69, 9.17) is 0 Å². The van der Waals surface area contributed by atoms with Gasteiger partial charge in [-0.2, -0.15) is 0 Å². The fraction of sp³-hybridized carbons (Fsp3) is 0.815. The van der Waals surface area contributed by atoms with Crippen LogP contribution >= 0.6 is 11.8 Å². The zero-order chi connectivity index (χ0) is 25.2. The highest BCUT2D eigenvalue weighted by Crippen LogP contribution is 2.53. The minimum Gasteiger partial charge on any atom is -0.478 e. The molecule has 7 heteroatoms. The van der Waals surface area contributed by atoms with Crippen LogP contribution in [0, 0.1) is 35.5 Å². The third-order valence-electron chi connectivity index (χ3n) is 8.41. The second-order valence-electron chi connectivity index (χ2n) is 11.1. The number of carboxylic acids is 1. The number of allylic oxidation sites excluding steroid dienone is 1. The Morgan fingerprint density at radius 3 is 2.53 bits per heavy atom. The summed E-state index contributed by atoms with van der Waals surface area (Å²) in [7, 11) is 0. The molecule has 1 saturated carbocycles. The molecule has 34 heavy (non-hydrogen) atoms. The molecule has 0 radical (unpaired) electrons. The lowest BCUT2D eigenvalue weighted by atomic mass is 9.61. The van der Waals surface area contributed by atoms with Crippen LogP contribution in [0.3, 0.4) is 0 Å². The molecular weight excluding hydrogens is 450 g/mol. The molecule has 3 N–H and O–H groups in total. The summed E-state index contributed by atoms with van der Waals surface area (Å²) in [6.45, 7) is 10.9. The molecule has 0 spiro atoms. The molecule has 2 aliphatic carbocycles. The first kappa shape index (κ1) is 27.4. The Labute approximate surface area is 208 Å². The summed E-state index contributed by atoms with van der Waals surface area (Å²) < 4.78 is 0. The molecule has 9 atom stereocenters. The van der Waals surface area contributed by atoms with E-state index < -0.39 is 18.0 Å². The number of aliphatic hydroxyl groups excluding tert-OH is 1. The molecule has 1 aliphatic heterocycles. The smallest absolute Gasteiger partial charge is 0.332 e. The molecule has 0 aromatic rings. The van der Waals surface area contributed by atoms with Crippen molar-refractivity contribution in [3.05, 3.63) is 10.5 Å². The number of thioether (sulfide) groups is 1. The highest BCUT2D eigenvalue weighted by Gasteiger charge is 2.49. The summed E-state index contributed by atoms with van der Waals surface area (Å²) in [6.07, 6.45) is 4.47. The van der Waals surface area contributed by atoms with E-state index in [0.717, 1.165) is 37.1 Å².